The third-order valence-electron chi connectivity index (χ3n) is 4.58. The maximum absolute atomic E-state index is 14.2. The molecule has 0 aromatic heterocycles. The van der Waals surface area contributed by atoms with E-state index in [1.54, 1.807) is 17.0 Å². The molecule has 138 valence electrons. The Bertz CT molecular complexity index is 730. The summed E-state index contributed by atoms with van der Waals surface area (Å²) in [6.07, 6.45) is 0. The molecule has 1 atom stereocenters. The van der Waals surface area contributed by atoms with Gasteiger partial charge in [0.25, 0.3) is 0 Å². The second-order valence-corrected chi connectivity index (χ2v) is 6.77. The summed E-state index contributed by atoms with van der Waals surface area (Å²) in [7, 11) is 1.82. The Balaban J connectivity index is 1.88. The van der Waals surface area contributed by atoms with Crippen molar-refractivity contribution in [2.24, 2.45) is 0 Å². The number of hydrogen-bond acceptors (Lipinski definition) is 3. The number of amides is 1. The lowest BCUT2D eigenvalue weighted by atomic mass is 10.0. The normalized spacial score (nSPS) is 15.9. The van der Waals surface area contributed by atoms with Crippen LogP contribution in [0.15, 0.2) is 48.5 Å². The van der Waals surface area contributed by atoms with Crippen molar-refractivity contribution in [2.45, 2.75) is 12.6 Å². The van der Waals surface area contributed by atoms with E-state index in [0.29, 0.717) is 36.9 Å². The van der Waals surface area contributed by atoms with E-state index in [-0.39, 0.29) is 18.3 Å². The summed E-state index contributed by atoms with van der Waals surface area (Å²) >= 11 is 6.17. The molecule has 6 heteroatoms. The second-order valence-electron chi connectivity index (χ2n) is 6.37. The minimum absolute atomic E-state index is 0.00513. The molecule has 1 heterocycles. The molecule has 2 aromatic carbocycles. The van der Waals surface area contributed by atoms with Gasteiger partial charge >= 0.3 is 0 Å². The highest BCUT2D eigenvalue weighted by Crippen LogP contribution is 2.27. The Morgan fingerprint density at radius 1 is 1.19 bits per heavy atom. The van der Waals surface area contributed by atoms with Crippen LogP contribution in [0.4, 0.5) is 4.39 Å². The summed E-state index contributed by atoms with van der Waals surface area (Å²) in [6, 6.07) is 13.7. The van der Waals surface area contributed by atoms with Gasteiger partial charge in [0.2, 0.25) is 5.91 Å². The minimum atomic E-state index is -0.509. The molecular weight excluding hydrogens is 355 g/mol. The van der Waals surface area contributed by atoms with Crippen LogP contribution in [0, 0.1) is 5.82 Å². The highest BCUT2D eigenvalue weighted by atomic mass is 35.5. The predicted molar refractivity (Wildman–Crippen MR) is 99.5 cm³/mol. The Labute approximate surface area is 158 Å². The van der Waals surface area contributed by atoms with Crippen molar-refractivity contribution in [2.75, 3.05) is 33.4 Å². The average Bonchev–Trinajstić information content (AvgIpc) is 2.66. The highest BCUT2D eigenvalue weighted by molar-refractivity contribution is 6.31. The Morgan fingerprint density at radius 3 is 2.54 bits per heavy atom. The molecule has 1 fully saturated rings. The summed E-state index contributed by atoms with van der Waals surface area (Å²) in [5.41, 5.74) is 1.27. The van der Waals surface area contributed by atoms with E-state index in [2.05, 4.69) is 0 Å². The van der Waals surface area contributed by atoms with Gasteiger partial charge in [0.05, 0.1) is 13.2 Å². The largest absolute Gasteiger partial charge is 0.378 e. The van der Waals surface area contributed by atoms with Gasteiger partial charge in [0.15, 0.2) is 0 Å². The fraction of sp³-hybridized carbons (Fsp3) is 0.350. The number of carbonyl (C=O) groups excluding carboxylic acids is 1. The molecule has 0 bridgehead atoms. The summed E-state index contributed by atoms with van der Waals surface area (Å²) < 4.78 is 19.6. The fourth-order valence-electron chi connectivity index (χ4n) is 3.20. The van der Waals surface area contributed by atoms with E-state index in [1.165, 1.54) is 6.07 Å². The molecule has 1 aliphatic heterocycles. The van der Waals surface area contributed by atoms with Gasteiger partial charge in [-0.3, -0.25) is 9.69 Å². The number of hydrogen-bond donors (Lipinski definition) is 0. The molecule has 3 rings (SSSR count). The lowest BCUT2D eigenvalue weighted by Crippen LogP contribution is -2.46. The molecule has 0 spiro atoms. The van der Waals surface area contributed by atoms with Gasteiger partial charge < -0.3 is 9.64 Å². The van der Waals surface area contributed by atoms with Gasteiger partial charge in [0.1, 0.15) is 11.9 Å². The minimum Gasteiger partial charge on any atom is -0.378 e. The predicted octanol–water partition coefficient (Wildman–Crippen LogP) is 3.51. The van der Waals surface area contributed by atoms with E-state index in [9.17, 15) is 9.18 Å². The van der Waals surface area contributed by atoms with Crippen LogP contribution in [0.2, 0.25) is 5.02 Å². The molecule has 0 saturated carbocycles. The summed E-state index contributed by atoms with van der Waals surface area (Å²) in [5, 5.41) is 0.363. The van der Waals surface area contributed by atoms with Crippen LogP contribution in [0.25, 0.3) is 0 Å². The summed E-state index contributed by atoms with van der Waals surface area (Å²) in [6.45, 7) is 2.44. The molecule has 26 heavy (non-hydrogen) atoms. The number of nitrogens with zero attached hydrogens (tertiary/aromatic N) is 2. The van der Waals surface area contributed by atoms with E-state index in [0.717, 1.165) is 5.56 Å². The smallest absolute Gasteiger partial charge is 0.244 e. The van der Waals surface area contributed by atoms with Crippen LogP contribution >= 0.6 is 11.6 Å². The molecule has 1 saturated heterocycles. The second kappa shape index (κ2) is 8.62. The monoisotopic (exact) mass is 376 g/mol. The number of carbonyl (C=O) groups is 1. The first kappa shape index (κ1) is 18.8. The quantitative estimate of drug-likeness (QED) is 0.800. The van der Waals surface area contributed by atoms with Crippen molar-refractivity contribution in [3.8, 4) is 0 Å². The molecule has 1 aliphatic rings. The van der Waals surface area contributed by atoms with E-state index in [1.807, 2.05) is 42.3 Å². The number of halogens is 2. The topological polar surface area (TPSA) is 32.8 Å². The number of morpholine rings is 1. The summed E-state index contributed by atoms with van der Waals surface area (Å²) in [5.74, 6) is -0.371. The number of likely N-dealkylation sites (N-methyl/N-ethyl adjacent to an activating group) is 1. The van der Waals surface area contributed by atoms with E-state index < -0.39 is 6.04 Å². The van der Waals surface area contributed by atoms with Crippen LogP contribution in [0.3, 0.4) is 0 Å². The zero-order valence-corrected chi connectivity index (χ0v) is 15.5. The molecule has 0 unspecified atom stereocenters. The van der Waals surface area contributed by atoms with Crippen LogP contribution in [-0.4, -0.2) is 49.1 Å². The zero-order chi connectivity index (χ0) is 18.5. The maximum Gasteiger partial charge on any atom is 0.244 e. The van der Waals surface area contributed by atoms with Gasteiger partial charge in [-0.2, -0.15) is 0 Å². The lowest BCUT2D eigenvalue weighted by molar-refractivity contribution is -0.141. The van der Waals surface area contributed by atoms with Crippen LogP contribution in [0.1, 0.15) is 17.2 Å². The van der Waals surface area contributed by atoms with Crippen molar-refractivity contribution in [1.82, 2.24) is 9.80 Å². The van der Waals surface area contributed by atoms with E-state index in [4.69, 9.17) is 16.3 Å². The van der Waals surface area contributed by atoms with Crippen molar-refractivity contribution in [3.63, 3.8) is 0 Å². The maximum atomic E-state index is 14.2. The first-order valence-electron chi connectivity index (χ1n) is 8.62. The Kier molecular flexibility index (Phi) is 6.25. The average molecular weight is 377 g/mol. The van der Waals surface area contributed by atoms with Gasteiger partial charge in [0, 0.05) is 30.2 Å². The third kappa shape index (κ3) is 4.23. The zero-order valence-electron chi connectivity index (χ0n) is 14.7. The molecular formula is C20H22ClFN2O2. The van der Waals surface area contributed by atoms with Crippen molar-refractivity contribution in [3.05, 3.63) is 70.5 Å². The highest BCUT2D eigenvalue weighted by Gasteiger charge is 2.31. The Hall–Kier alpha value is -1.95. The molecule has 2 aromatic rings. The number of benzene rings is 2. The van der Waals surface area contributed by atoms with Crippen molar-refractivity contribution < 1.29 is 13.9 Å². The van der Waals surface area contributed by atoms with Crippen molar-refractivity contribution >= 4 is 17.5 Å². The van der Waals surface area contributed by atoms with E-state index >= 15 is 0 Å². The lowest BCUT2D eigenvalue weighted by Gasteiger charge is -2.34. The SMILES string of the molecule is CN(Cc1c(F)cccc1Cl)[C@@H](C(=O)N1CCOCC1)c1ccccc1. The molecule has 0 radical (unpaired) electrons. The molecule has 1 amide bonds. The molecule has 0 N–H and O–H groups in total. The standard InChI is InChI=1S/C20H22ClFN2O2/c1-23(14-16-17(21)8-5-9-18(16)22)19(15-6-3-2-4-7-15)20(25)24-10-12-26-13-11-24/h2-9,19H,10-14H2,1H3/t19-/m1/s1. The van der Waals surface area contributed by atoms with Gasteiger partial charge in [-0.15, -0.1) is 0 Å². The first-order chi connectivity index (χ1) is 12.6. The number of ether oxygens (including phenoxy) is 1. The number of rotatable bonds is 5. The molecule has 0 aliphatic carbocycles. The fourth-order valence-corrected chi connectivity index (χ4v) is 3.42. The summed E-state index contributed by atoms with van der Waals surface area (Å²) in [4.78, 5) is 16.9. The molecule has 4 nitrogen and oxygen atoms in total. The van der Waals surface area contributed by atoms with Gasteiger partial charge in [-0.1, -0.05) is 48.0 Å². The third-order valence-corrected chi connectivity index (χ3v) is 4.94. The van der Waals surface area contributed by atoms with Crippen LogP contribution < -0.4 is 0 Å². The first-order valence-corrected chi connectivity index (χ1v) is 9.00. The van der Waals surface area contributed by atoms with Crippen molar-refractivity contribution in [1.29, 1.82) is 0 Å². The van der Waals surface area contributed by atoms with Gasteiger partial charge in [-0.25, -0.2) is 4.39 Å². The Morgan fingerprint density at radius 2 is 1.88 bits per heavy atom. The van der Waals surface area contributed by atoms with Crippen LogP contribution in [0.5, 0.6) is 0 Å². The van der Waals surface area contributed by atoms with Crippen LogP contribution in [-0.2, 0) is 16.1 Å². The van der Waals surface area contributed by atoms with Gasteiger partial charge in [-0.05, 0) is 24.7 Å².